The predicted molar refractivity (Wildman–Crippen MR) is 160 cm³/mol. The van der Waals surface area contributed by atoms with Crippen LogP contribution in [0.15, 0.2) is 59.0 Å². The Kier molecular flexibility index (Phi) is 10.9. The van der Waals surface area contributed by atoms with E-state index in [9.17, 15) is 0 Å². The van der Waals surface area contributed by atoms with Gasteiger partial charge < -0.3 is 32.5 Å². The minimum Gasteiger partial charge on any atom is -0.515 e. The Morgan fingerprint density at radius 3 is 1.49 bits per heavy atom. The van der Waals surface area contributed by atoms with E-state index in [-0.39, 0.29) is 27.0 Å². The Morgan fingerprint density at radius 2 is 1.14 bits per heavy atom. The zero-order valence-corrected chi connectivity index (χ0v) is 22.8. The molecule has 1 radical (unpaired) electrons. The molecule has 0 saturated heterocycles. The fourth-order valence-electron chi connectivity index (χ4n) is 3.54. The van der Waals surface area contributed by atoms with E-state index >= 15 is 0 Å². The van der Waals surface area contributed by atoms with Crippen molar-refractivity contribution >= 4 is 80.0 Å². The second-order valence-corrected chi connectivity index (χ2v) is 8.51. The van der Waals surface area contributed by atoms with Crippen molar-refractivity contribution in [3.05, 3.63) is 82.2 Å². The third-order valence-electron chi connectivity index (χ3n) is 5.01. The molecule has 193 valence electrons. The van der Waals surface area contributed by atoms with Gasteiger partial charge in [-0.1, -0.05) is 24.3 Å². The molecule has 8 N–H and O–H groups in total. The largest absolute Gasteiger partial charge is 0.515 e. The fraction of sp³-hybridized carbons (Fsp3) is 0.0833. The number of hydrogen-bond donors (Lipinski definition) is 4. The number of pyridine rings is 2. The van der Waals surface area contributed by atoms with Gasteiger partial charge >= 0.3 is 0 Å². The molecule has 0 aliphatic carbocycles. The molecule has 2 heterocycles. The molecule has 0 aliphatic heterocycles. The molecule has 2 aromatic heterocycles. The summed E-state index contributed by atoms with van der Waals surface area (Å²) >= 11 is 7.65. The number of nitrogens with zero attached hydrogens (tertiary/aromatic N) is 6. The van der Waals surface area contributed by atoms with Crippen molar-refractivity contribution in [2.75, 3.05) is 11.5 Å². The van der Waals surface area contributed by atoms with Crippen molar-refractivity contribution in [2.24, 2.45) is 21.7 Å². The van der Waals surface area contributed by atoms with Crippen LogP contribution in [0.25, 0.3) is 32.4 Å². The van der Waals surface area contributed by atoms with E-state index in [4.69, 9.17) is 22.9 Å². The van der Waals surface area contributed by atoms with Crippen LogP contribution in [0.3, 0.4) is 0 Å². The molecule has 2 aromatic carbocycles. The predicted octanol–water partition coefficient (Wildman–Crippen LogP) is 2.31. The Bertz CT molecular complexity index is 1370. The summed E-state index contributed by atoms with van der Waals surface area (Å²) in [5.74, 6) is 0. The van der Waals surface area contributed by atoms with Crippen LogP contribution in [0.1, 0.15) is 22.5 Å². The smallest absolute Gasteiger partial charge is 0.183 e. The molecule has 0 amide bonds. The molecule has 0 aliphatic rings. The third kappa shape index (κ3) is 7.69. The Morgan fingerprint density at radius 1 is 0.757 bits per heavy atom. The van der Waals surface area contributed by atoms with Gasteiger partial charge in [-0.3, -0.25) is 21.4 Å². The van der Waals surface area contributed by atoms with Gasteiger partial charge in [0.15, 0.2) is 34.7 Å². The zero-order chi connectivity index (χ0) is 26.2. The van der Waals surface area contributed by atoms with Crippen molar-refractivity contribution in [1.29, 1.82) is 0 Å². The summed E-state index contributed by atoms with van der Waals surface area (Å²) in [5, 5.41) is 11.7. The van der Waals surface area contributed by atoms with Gasteiger partial charge in [-0.2, -0.15) is 0 Å². The number of aromatic nitrogens is 2. The average Bonchev–Trinajstić information content (AvgIpc) is 2.82. The van der Waals surface area contributed by atoms with Crippen LogP contribution in [0.4, 0.5) is 11.4 Å². The van der Waals surface area contributed by atoms with E-state index in [1.165, 1.54) is 12.4 Å². The van der Waals surface area contributed by atoms with Crippen molar-refractivity contribution in [2.45, 2.75) is 13.8 Å². The van der Waals surface area contributed by atoms with Crippen LogP contribution in [-0.2, 0) is 41.2 Å². The van der Waals surface area contributed by atoms with Crippen LogP contribution in [0.2, 0.25) is 0 Å². The Labute approximate surface area is 235 Å². The van der Waals surface area contributed by atoms with E-state index < -0.39 is 0 Å². The van der Waals surface area contributed by atoms with Crippen molar-refractivity contribution in [1.82, 2.24) is 9.97 Å². The van der Waals surface area contributed by atoms with Crippen LogP contribution in [0, 0.1) is 13.8 Å². The number of fused-ring (bicyclic) bond motifs is 2. The van der Waals surface area contributed by atoms with Crippen LogP contribution in [-0.4, -0.2) is 32.6 Å². The number of anilines is 2. The number of nitrogens with two attached hydrogens (primary N) is 4. The van der Waals surface area contributed by atoms with E-state index in [1.54, 1.807) is 12.4 Å². The number of aryl methyl sites for hydroxylation is 2. The molecular formula is C24H26CoN10S2. The Balaban J connectivity index is 0.000000253. The summed E-state index contributed by atoms with van der Waals surface area (Å²) in [7, 11) is 0. The average molecular weight is 578 g/mol. The van der Waals surface area contributed by atoms with Crippen molar-refractivity contribution in [3.63, 3.8) is 0 Å². The first-order valence-corrected chi connectivity index (χ1v) is 11.5. The summed E-state index contributed by atoms with van der Waals surface area (Å²) < 4.78 is 0. The first-order valence-electron chi connectivity index (χ1n) is 10.6. The molecule has 13 heteroatoms. The van der Waals surface area contributed by atoms with E-state index in [0.29, 0.717) is 11.4 Å². The summed E-state index contributed by atoms with van der Waals surface area (Å²) in [6.45, 7) is 3.94. The number of hydrogen-bond acceptors (Lipinski definition) is 6. The molecule has 10 nitrogen and oxygen atoms in total. The van der Waals surface area contributed by atoms with E-state index in [2.05, 4.69) is 55.5 Å². The fourth-order valence-corrected chi connectivity index (χ4v) is 3.64. The first-order chi connectivity index (χ1) is 17.2. The number of benzene rings is 2. The van der Waals surface area contributed by atoms with Gasteiger partial charge in [-0.15, -0.1) is 0 Å². The summed E-state index contributed by atoms with van der Waals surface area (Å²) in [4.78, 5) is 8.61. The van der Waals surface area contributed by atoms with Crippen LogP contribution >= 0.6 is 0 Å². The van der Waals surface area contributed by atoms with Gasteiger partial charge in [0, 0.05) is 74.5 Å². The number of rotatable bonds is 4. The Hall–Kier alpha value is -3.59. The monoisotopic (exact) mass is 577 g/mol. The summed E-state index contributed by atoms with van der Waals surface area (Å²) in [6.07, 6.45) is 6.58. The van der Waals surface area contributed by atoms with Crippen molar-refractivity contribution < 1.29 is 16.8 Å². The maximum Gasteiger partial charge on any atom is 0.183 e. The van der Waals surface area contributed by atoms with E-state index in [1.807, 2.05) is 50.2 Å². The molecule has 0 saturated carbocycles. The topological polar surface area (TPSA) is 183 Å². The first kappa shape index (κ1) is 29.6. The minimum atomic E-state index is 0. The second-order valence-electron chi connectivity index (χ2n) is 7.60. The third-order valence-corrected chi connectivity index (χ3v) is 5.19. The van der Waals surface area contributed by atoms with Crippen LogP contribution < -0.4 is 22.9 Å². The van der Waals surface area contributed by atoms with Gasteiger partial charge in [0.05, 0.1) is 11.4 Å². The molecule has 4 rings (SSSR count). The SMILES string of the molecule is Cc1cnc(C=N[N-]C(N)=[SH+])c2cccc(N)c12.Cc1cnc(C=N[N-]C(N)=[SH+])c2cccc(N)c12.[Co]. The summed E-state index contributed by atoms with van der Waals surface area (Å²) in [5.41, 5.74) is 34.6. The van der Waals surface area contributed by atoms with Gasteiger partial charge in [0.1, 0.15) is 0 Å². The minimum absolute atomic E-state index is 0. The standard InChI is InChI=1S/2C12H13N5S.Co/c2*1-7-5-15-10(6-16-17-12(14)18)8-3-2-4-9(13)11(7)8;/h2*2-6H,1H3,(H5,13,14,15,16,17,18);. The molecule has 0 atom stereocenters. The number of thiol groups is 2. The maximum absolute atomic E-state index is 5.97. The molecule has 0 unspecified atom stereocenters. The molecule has 0 bridgehead atoms. The van der Waals surface area contributed by atoms with Crippen molar-refractivity contribution in [3.8, 4) is 0 Å². The van der Waals surface area contributed by atoms with Gasteiger partial charge in [-0.25, -0.2) is 0 Å². The maximum atomic E-state index is 5.97. The number of nitrogen functional groups attached to an aromatic ring is 2. The molecule has 0 fully saturated rings. The molecule has 0 spiro atoms. The van der Waals surface area contributed by atoms with E-state index in [0.717, 1.165) is 44.0 Å². The molecular weight excluding hydrogens is 551 g/mol. The van der Waals surface area contributed by atoms with Gasteiger partial charge in [-0.05, 0) is 37.1 Å². The van der Waals surface area contributed by atoms with Gasteiger partial charge in [0.2, 0.25) is 0 Å². The summed E-state index contributed by atoms with van der Waals surface area (Å²) in [6, 6.07) is 11.4. The molecule has 37 heavy (non-hydrogen) atoms. The molecule has 4 aromatic rings. The second kappa shape index (κ2) is 13.6. The zero-order valence-electron chi connectivity index (χ0n) is 20.0. The van der Waals surface area contributed by atoms with Gasteiger partial charge in [0.25, 0.3) is 0 Å². The quantitative estimate of drug-likeness (QED) is 0.0721. The normalized spacial score (nSPS) is 10.7. The van der Waals surface area contributed by atoms with Crippen LogP contribution in [0.5, 0.6) is 0 Å².